The van der Waals surface area contributed by atoms with Gasteiger partial charge in [-0.1, -0.05) is 6.92 Å². The van der Waals surface area contributed by atoms with Crippen molar-refractivity contribution in [2.24, 2.45) is 7.05 Å². The Labute approximate surface area is 99.6 Å². The first-order valence-electron chi connectivity index (χ1n) is 5.66. The first-order chi connectivity index (χ1) is 8.10. The standard InChI is InChI=1S/C11H16N4O2/c1-3-9-11(17)15(7-10(16)13-9)6-8-4-12-14(2)5-8/h4-5,9H,3,6-7H2,1-2H3,(H,13,16). The zero-order chi connectivity index (χ0) is 12.4. The van der Waals surface area contributed by atoms with Crippen molar-refractivity contribution in [3.05, 3.63) is 18.0 Å². The molecule has 0 aromatic carbocycles. The molecule has 2 amide bonds. The highest BCUT2D eigenvalue weighted by atomic mass is 16.2. The number of hydrogen-bond donors (Lipinski definition) is 1. The van der Waals surface area contributed by atoms with Gasteiger partial charge >= 0.3 is 0 Å². The molecule has 1 aromatic rings. The molecule has 2 heterocycles. The van der Waals surface area contributed by atoms with Gasteiger partial charge in [0, 0.05) is 25.4 Å². The van der Waals surface area contributed by atoms with E-state index < -0.39 is 0 Å². The smallest absolute Gasteiger partial charge is 0.245 e. The minimum atomic E-state index is -0.382. The first-order valence-corrected chi connectivity index (χ1v) is 5.66. The molecule has 1 aliphatic rings. The van der Waals surface area contributed by atoms with Crippen LogP contribution in [0.4, 0.5) is 0 Å². The van der Waals surface area contributed by atoms with E-state index in [1.165, 1.54) is 0 Å². The molecule has 1 unspecified atom stereocenters. The molecule has 0 spiro atoms. The first kappa shape index (κ1) is 11.6. The monoisotopic (exact) mass is 236 g/mol. The molecule has 1 aliphatic heterocycles. The van der Waals surface area contributed by atoms with Crippen LogP contribution >= 0.6 is 0 Å². The Hall–Kier alpha value is -1.85. The molecule has 17 heavy (non-hydrogen) atoms. The van der Waals surface area contributed by atoms with Crippen LogP contribution in [0.2, 0.25) is 0 Å². The maximum Gasteiger partial charge on any atom is 0.245 e. The summed E-state index contributed by atoms with van der Waals surface area (Å²) in [7, 11) is 1.82. The molecule has 1 saturated heterocycles. The van der Waals surface area contributed by atoms with Gasteiger partial charge in [-0.25, -0.2) is 0 Å². The predicted molar refractivity (Wildman–Crippen MR) is 60.8 cm³/mol. The maximum atomic E-state index is 12.0. The molecular weight excluding hydrogens is 220 g/mol. The normalized spacial score (nSPS) is 20.6. The number of aryl methyl sites for hydroxylation is 1. The van der Waals surface area contributed by atoms with E-state index >= 15 is 0 Å². The molecule has 1 fully saturated rings. The zero-order valence-electron chi connectivity index (χ0n) is 10.0. The lowest BCUT2D eigenvalue weighted by molar-refractivity contribution is -0.144. The van der Waals surface area contributed by atoms with Crippen LogP contribution in [0.25, 0.3) is 0 Å². The Balaban J connectivity index is 2.09. The fraction of sp³-hybridized carbons (Fsp3) is 0.545. The minimum absolute atomic E-state index is 0.0176. The van der Waals surface area contributed by atoms with Crippen molar-refractivity contribution in [3.63, 3.8) is 0 Å². The number of rotatable bonds is 3. The number of nitrogens with zero attached hydrogens (tertiary/aromatic N) is 3. The van der Waals surface area contributed by atoms with Crippen LogP contribution in [-0.4, -0.2) is 39.1 Å². The summed E-state index contributed by atoms with van der Waals surface area (Å²) in [6.07, 6.45) is 4.18. The van der Waals surface area contributed by atoms with E-state index in [-0.39, 0.29) is 24.4 Å². The summed E-state index contributed by atoms with van der Waals surface area (Å²) in [6, 6.07) is -0.382. The Bertz CT molecular complexity index is 440. The number of nitrogens with one attached hydrogen (secondary N) is 1. The van der Waals surface area contributed by atoms with Gasteiger partial charge in [0.05, 0.1) is 12.7 Å². The van der Waals surface area contributed by atoms with Gasteiger partial charge in [-0.2, -0.15) is 5.10 Å². The highest BCUT2D eigenvalue weighted by Crippen LogP contribution is 2.10. The summed E-state index contributed by atoms with van der Waals surface area (Å²) in [4.78, 5) is 25.0. The predicted octanol–water partition coefficient (Wildman–Crippen LogP) is -0.343. The molecule has 1 atom stereocenters. The number of amides is 2. The summed E-state index contributed by atoms with van der Waals surface area (Å²) in [5, 5.41) is 6.73. The second kappa shape index (κ2) is 4.57. The lowest BCUT2D eigenvalue weighted by atomic mass is 10.1. The molecule has 6 nitrogen and oxygen atoms in total. The van der Waals surface area contributed by atoms with Crippen molar-refractivity contribution in [1.29, 1.82) is 0 Å². The van der Waals surface area contributed by atoms with Crippen LogP contribution in [-0.2, 0) is 23.2 Å². The Morgan fingerprint density at radius 3 is 2.88 bits per heavy atom. The fourth-order valence-corrected chi connectivity index (χ4v) is 1.96. The zero-order valence-corrected chi connectivity index (χ0v) is 10.0. The van der Waals surface area contributed by atoms with E-state index in [0.29, 0.717) is 13.0 Å². The number of hydrogen-bond acceptors (Lipinski definition) is 3. The summed E-state index contributed by atoms with van der Waals surface area (Å²) >= 11 is 0. The molecule has 0 bridgehead atoms. The fourth-order valence-electron chi connectivity index (χ4n) is 1.96. The van der Waals surface area contributed by atoms with Gasteiger partial charge in [0.15, 0.2) is 0 Å². The van der Waals surface area contributed by atoms with Gasteiger partial charge in [0.2, 0.25) is 11.8 Å². The highest BCUT2D eigenvalue weighted by molar-refractivity contribution is 5.94. The van der Waals surface area contributed by atoms with Crippen LogP contribution in [0.1, 0.15) is 18.9 Å². The number of carbonyl (C=O) groups excluding carboxylic acids is 2. The molecule has 1 N–H and O–H groups in total. The van der Waals surface area contributed by atoms with Gasteiger partial charge in [0.25, 0.3) is 0 Å². The van der Waals surface area contributed by atoms with Crippen LogP contribution in [0.5, 0.6) is 0 Å². The van der Waals surface area contributed by atoms with Crippen LogP contribution in [0.15, 0.2) is 12.4 Å². The van der Waals surface area contributed by atoms with E-state index in [1.807, 2.05) is 20.2 Å². The van der Waals surface area contributed by atoms with E-state index in [2.05, 4.69) is 10.4 Å². The van der Waals surface area contributed by atoms with Crippen LogP contribution in [0.3, 0.4) is 0 Å². The average Bonchev–Trinajstić information content (AvgIpc) is 2.69. The second-order valence-electron chi connectivity index (χ2n) is 4.24. The Morgan fingerprint density at radius 1 is 1.53 bits per heavy atom. The largest absolute Gasteiger partial charge is 0.343 e. The maximum absolute atomic E-state index is 12.0. The van der Waals surface area contributed by atoms with Crippen molar-refractivity contribution in [2.45, 2.75) is 25.9 Å². The summed E-state index contributed by atoms with van der Waals surface area (Å²) in [6.45, 7) is 2.46. The van der Waals surface area contributed by atoms with Crippen molar-refractivity contribution in [3.8, 4) is 0 Å². The molecule has 92 valence electrons. The second-order valence-corrected chi connectivity index (χ2v) is 4.24. The van der Waals surface area contributed by atoms with Gasteiger partial charge in [0.1, 0.15) is 6.04 Å². The van der Waals surface area contributed by atoms with E-state index in [4.69, 9.17) is 0 Å². The Morgan fingerprint density at radius 2 is 2.29 bits per heavy atom. The van der Waals surface area contributed by atoms with Gasteiger partial charge < -0.3 is 10.2 Å². The van der Waals surface area contributed by atoms with Crippen molar-refractivity contribution in [1.82, 2.24) is 20.0 Å². The summed E-state index contributed by atoms with van der Waals surface area (Å²) < 4.78 is 1.68. The molecule has 0 radical (unpaired) electrons. The number of piperazine rings is 1. The third kappa shape index (κ3) is 2.46. The average molecular weight is 236 g/mol. The summed E-state index contributed by atoms with van der Waals surface area (Å²) in [5.41, 5.74) is 0.936. The highest BCUT2D eigenvalue weighted by Gasteiger charge is 2.31. The van der Waals surface area contributed by atoms with Crippen LogP contribution in [0, 0.1) is 0 Å². The van der Waals surface area contributed by atoms with Crippen molar-refractivity contribution in [2.75, 3.05) is 6.54 Å². The third-order valence-corrected chi connectivity index (χ3v) is 2.82. The molecule has 6 heteroatoms. The van der Waals surface area contributed by atoms with Crippen molar-refractivity contribution >= 4 is 11.8 Å². The van der Waals surface area contributed by atoms with Gasteiger partial charge in [-0.15, -0.1) is 0 Å². The molecule has 0 saturated carbocycles. The SMILES string of the molecule is CCC1NC(=O)CN(Cc2cnn(C)c2)C1=O. The van der Waals surface area contributed by atoms with Gasteiger partial charge in [-0.3, -0.25) is 14.3 Å². The molecule has 0 aliphatic carbocycles. The molecule has 1 aromatic heterocycles. The summed E-state index contributed by atoms with van der Waals surface area (Å²) in [5.74, 6) is -0.115. The topological polar surface area (TPSA) is 67.2 Å². The van der Waals surface area contributed by atoms with E-state index in [1.54, 1.807) is 15.8 Å². The molecule has 2 rings (SSSR count). The number of aromatic nitrogens is 2. The Kier molecular flexibility index (Phi) is 3.12. The van der Waals surface area contributed by atoms with Crippen molar-refractivity contribution < 1.29 is 9.59 Å². The van der Waals surface area contributed by atoms with Crippen LogP contribution < -0.4 is 5.32 Å². The van der Waals surface area contributed by atoms with E-state index in [0.717, 1.165) is 5.56 Å². The van der Waals surface area contributed by atoms with E-state index in [9.17, 15) is 9.59 Å². The quantitative estimate of drug-likeness (QED) is 0.780. The third-order valence-electron chi connectivity index (χ3n) is 2.82. The number of carbonyl (C=O) groups is 2. The lowest BCUT2D eigenvalue weighted by Gasteiger charge is -2.31. The van der Waals surface area contributed by atoms with Gasteiger partial charge in [-0.05, 0) is 6.42 Å². The lowest BCUT2D eigenvalue weighted by Crippen LogP contribution is -2.57. The molecular formula is C11H16N4O2. The minimum Gasteiger partial charge on any atom is -0.343 e.